The fraction of sp³-hybridized carbons (Fsp3) is 0.188. The van der Waals surface area contributed by atoms with E-state index in [1.54, 1.807) is 11.8 Å². The molecule has 0 aliphatic carbocycles. The average Bonchev–Trinajstić information content (AvgIpc) is 2.39. The predicted molar refractivity (Wildman–Crippen MR) is 85.1 cm³/mol. The second kappa shape index (κ2) is 6.40. The van der Waals surface area contributed by atoms with E-state index in [0.717, 1.165) is 10.0 Å². The SMILES string of the molecule is Cc1ccc(C)c(SCC(=O)c2cccc(Br)c2)c1. The molecule has 3 heteroatoms. The van der Waals surface area contributed by atoms with Gasteiger partial charge in [0.05, 0.1) is 5.75 Å². The minimum Gasteiger partial charge on any atom is -0.293 e. The molecule has 1 nitrogen and oxygen atoms in total. The summed E-state index contributed by atoms with van der Waals surface area (Å²) in [4.78, 5) is 13.3. The van der Waals surface area contributed by atoms with Crippen LogP contribution in [0.15, 0.2) is 51.8 Å². The van der Waals surface area contributed by atoms with E-state index < -0.39 is 0 Å². The highest BCUT2D eigenvalue weighted by Gasteiger charge is 2.08. The summed E-state index contributed by atoms with van der Waals surface area (Å²) >= 11 is 4.99. The fourth-order valence-corrected chi connectivity index (χ4v) is 3.17. The van der Waals surface area contributed by atoms with Crippen molar-refractivity contribution in [2.24, 2.45) is 0 Å². The molecule has 0 atom stereocenters. The molecule has 2 rings (SSSR count). The topological polar surface area (TPSA) is 17.1 Å². The van der Waals surface area contributed by atoms with E-state index in [1.165, 1.54) is 16.0 Å². The molecule has 19 heavy (non-hydrogen) atoms. The summed E-state index contributed by atoms with van der Waals surface area (Å²) in [6, 6.07) is 13.9. The standard InChI is InChI=1S/C16H15BrOS/c1-11-6-7-12(2)16(8-11)19-10-15(18)13-4-3-5-14(17)9-13/h3-9H,10H2,1-2H3. The molecule has 0 spiro atoms. The van der Waals surface area contributed by atoms with Gasteiger partial charge in [-0.15, -0.1) is 11.8 Å². The van der Waals surface area contributed by atoms with E-state index in [-0.39, 0.29) is 5.78 Å². The van der Waals surface area contributed by atoms with Gasteiger partial charge in [0.15, 0.2) is 5.78 Å². The molecule has 0 unspecified atom stereocenters. The van der Waals surface area contributed by atoms with Crippen LogP contribution in [0.1, 0.15) is 21.5 Å². The molecule has 2 aromatic carbocycles. The van der Waals surface area contributed by atoms with Gasteiger partial charge in [0, 0.05) is 14.9 Å². The Kier molecular flexibility index (Phi) is 4.83. The van der Waals surface area contributed by atoms with Crippen LogP contribution in [0.3, 0.4) is 0 Å². The van der Waals surface area contributed by atoms with Crippen molar-refractivity contribution in [3.05, 3.63) is 63.6 Å². The Morgan fingerprint density at radius 1 is 1.16 bits per heavy atom. The number of hydrogen-bond acceptors (Lipinski definition) is 2. The van der Waals surface area contributed by atoms with Crippen LogP contribution < -0.4 is 0 Å². The average molecular weight is 335 g/mol. The summed E-state index contributed by atoms with van der Waals surface area (Å²) in [5.41, 5.74) is 3.20. The van der Waals surface area contributed by atoms with Gasteiger partial charge in [0.25, 0.3) is 0 Å². The Morgan fingerprint density at radius 3 is 2.68 bits per heavy atom. The lowest BCUT2D eigenvalue weighted by Crippen LogP contribution is -2.02. The molecule has 0 radical (unpaired) electrons. The third-order valence-corrected chi connectivity index (χ3v) is 4.50. The molecule has 0 bridgehead atoms. The van der Waals surface area contributed by atoms with Gasteiger partial charge in [-0.2, -0.15) is 0 Å². The molecule has 0 fully saturated rings. The van der Waals surface area contributed by atoms with Gasteiger partial charge in [0.1, 0.15) is 0 Å². The lowest BCUT2D eigenvalue weighted by Gasteiger charge is -2.06. The van der Waals surface area contributed by atoms with Gasteiger partial charge in [-0.05, 0) is 37.6 Å². The van der Waals surface area contributed by atoms with E-state index in [2.05, 4.69) is 48.0 Å². The minimum atomic E-state index is 0.159. The van der Waals surface area contributed by atoms with Gasteiger partial charge in [-0.1, -0.05) is 45.8 Å². The summed E-state index contributed by atoms with van der Waals surface area (Å²) < 4.78 is 0.940. The van der Waals surface area contributed by atoms with Crippen LogP contribution in [0.5, 0.6) is 0 Å². The number of hydrogen-bond donors (Lipinski definition) is 0. The molecular formula is C16H15BrOS. The molecule has 0 saturated carbocycles. The Labute approximate surface area is 126 Å². The Bertz CT molecular complexity index is 607. The monoisotopic (exact) mass is 334 g/mol. The smallest absolute Gasteiger partial charge is 0.173 e. The highest BCUT2D eigenvalue weighted by molar-refractivity contribution is 9.10. The van der Waals surface area contributed by atoms with Crippen LogP contribution >= 0.6 is 27.7 Å². The lowest BCUT2D eigenvalue weighted by atomic mass is 10.1. The molecule has 0 amide bonds. The molecule has 0 aromatic heterocycles. The Hall–Kier alpha value is -1.06. The normalized spacial score (nSPS) is 10.5. The maximum Gasteiger partial charge on any atom is 0.173 e. The predicted octanol–water partition coefficient (Wildman–Crippen LogP) is 5.04. The van der Waals surface area contributed by atoms with Crippen LogP contribution in [-0.4, -0.2) is 11.5 Å². The number of rotatable bonds is 4. The minimum absolute atomic E-state index is 0.159. The van der Waals surface area contributed by atoms with E-state index in [1.807, 2.05) is 24.3 Å². The summed E-state index contributed by atoms with van der Waals surface area (Å²) in [6.45, 7) is 4.14. The van der Waals surface area contributed by atoms with Crippen LogP contribution in [0, 0.1) is 13.8 Å². The summed E-state index contributed by atoms with van der Waals surface area (Å²) in [5.74, 6) is 0.632. The van der Waals surface area contributed by atoms with Crippen molar-refractivity contribution in [1.29, 1.82) is 0 Å². The fourth-order valence-electron chi connectivity index (χ4n) is 1.75. The molecule has 2 aromatic rings. The number of carbonyl (C=O) groups is 1. The molecule has 98 valence electrons. The van der Waals surface area contributed by atoms with Crippen LogP contribution in [0.2, 0.25) is 0 Å². The summed E-state index contributed by atoms with van der Waals surface area (Å²) in [7, 11) is 0. The highest BCUT2D eigenvalue weighted by Crippen LogP contribution is 2.24. The van der Waals surface area contributed by atoms with E-state index in [9.17, 15) is 4.79 Å². The second-order valence-corrected chi connectivity index (χ2v) is 6.42. The third kappa shape index (κ3) is 3.95. The summed E-state index contributed by atoms with van der Waals surface area (Å²) in [6.07, 6.45) is 0. The number of Topliss-reactive ketones (excluding diaryl/α,β-unsaturated/α-hetero) is 1. The first kappa shape index (κ1) is 14.4. The van der Waals surface area contributed by atoms with E-state index >= 15 is 0 Å². The van der Waals surface area contributed by atoms with Gasteiger partial charge in [-0.3, -0.25) is 4.79 Å². The molecule has 0 heterocycles. The molecule has 0 aliphatic heterocycles. The highest BCUT2D eigenvalue weighted by atomic mass is 79.9. The van der Waals surface area contributed by atoms with Gasteiger partial charge < -0.3 is 0 Å². The second-order valence-electron chi connectivity index (χ2n) is 4.49. The molecule has 0 aliphatic rings. The number of benzene rings is 2. The zero-order valence-corrected chi connectivity index (χ0v) is 13.3. The van der Waals surface area contributed by atoms with Crippen molar-refractivity contribution >= 4 is 33.5 Å². The molecule has 0 N–H and O–H groups in total. The molecular weight excluding hydrogens is 320 g/mol. The first-order valence-corrected chi connectivity index (χ1v) is 7.83. The van der Waals surface area contributed by atoms with Crippen molar-refractivity contribution in [3.63, 3.8) is 0 Å². The van der Waals surface area contributed by atoms with Crippen molar-refractivity contribution in [2.75, 3.05) is 5.75 Å². The van der Waals surface area contributed by atoms with E-state index in [0.29, 0.717) is 5.75 Å². The maximum atomic E-state index is 12.1. The first-order chi connectivity index (χ1) is 9.06. The van der Waals surface area contributed by atoms with Crippen LogP contribution in [-0.2, 0) is 0 Å². The largest absolute Gasteiger partial charge is 0.293 e. The third-order valence-electron chi connectivity index (χ3n) is 2.85. The Balaban J connectivity index is 2.06. The number of thioether (sulfide) groups is 1. The van der Waals surface area contributed by atoms with E-state index in [4.69, 9.17) is 0 Å². The summed E-state index contributed by atoms with van der Waals surface area (Å²) in [5, 5.41) is 0. The zero-order valence-electron chi connectivity index (χ0n) is 10.9. The maximum absolute atomic E-state index is 12.1. The molecule has 0 saturated heterocycles. The van der Waals surface area contributed by atoms with Gasteiger partial charge >= 0.3 is 0 Å². The van der Waals surface area contributed by atoms with Gasteiger partial charge in [-0.25, -0.2) is 0 Å². The van der Waals surface area contributed by atoms with Crippen molar-refractivity contribution in [3.8, 4) is 0 Å². The Morgan fingerprint density at radius 2 is 1.95 bits per heavy atom. The first-order valence-electron chi connectivity index (χ1n) is 6.05. The number of carbonyl (C=O) groups excluding carboxylic acids is 1. The van der Waals surface area contributed by atoms with Gasteiger partial charge in [0.2, 0.25) is 0 Å². The van der Waals surface area contributed by atoms with Crippen LogP contribution in [0.25, 0.3) is 0 Å². The van der Waals surface area contributed by atoms with Crippen molar-refractivity contribution in [1.82, 2.24) is 0 Å². The number of ketones is 1. The number of aryl methyl sites for hydroxylation is 2. The van der Waals surface area contributed by atoms with Crippen molar-refractivity contribution < 1.29 is 4.79 Å². The number of halogens is 1. The van der Waals surface area contributed by atoms with Crippen LogP contribution in [0.4, 0.5) is 0 Å². The van der Waals surface area contributed by atoms with Crippen molar-refractivity contribution in [2.45, 2.75) is 18.7 Å². The lowest BCUT2D eigenvalue weighted by molar-refractivity contribution is 0.102. The zero-order chi connectivity index (χ0) is 13.8. The quantitative estimate of drug-likeness (QED) is 0.575.